The summed E-state index contributed by atoms with van der Waals surface area (Å²) < 4.78 is 26.2. The molecule has 0 bridgehead atoms. The molecule has 1 amide bonds. The van der Waals surface area contributed by atoms with Crippen molar-refractivity contribution in [3.8, 4) is 0 Å². The van der Waals surface area contributed by atoms with Crippen molar-refractivity contribution in [3.05, 3.63) is 35.4 Å². The SMILES string of the molecule is CNCC1CCN(C(=O)C2CC2c2ccc(F)c(F)c2)C1. The van der Waals surface area contributed by atoms with Crippen LogP contribution in [-0.4, -0.2) is 37.5 Å². The molecule has 3 nitrogen and oxygen atoms in total. The van der Waals surface area contributed by atoms with E-state index in [1.54, 1.807) is 6.07 Å². The summed E-state index contributed by atoms with van der Waals surface area (Å²) in [6.45, 7) is 2.55. The average Bonchev–Trinajstić information content (AvgIpc) is 3.13. The smallest absolute Gasteiger partial charge is 0.226 e. The van der Waals surface area contributed by atoms with Crippen molar-refractivity contribution in [2.75, 3.05) is 26.7 Å². The molecule has 1 heterocycles. The van der Waals surface area contributed by atoms with Crippen molar-refractivity contribution < 1.29 is 13.6 Å². The lowest BCUT2D eigenvalue weighted by Crippen LogP contribution is -2.31. The third-order valence-electron chi connectivity index (χ3n) is 4.57. The molecule has 3 rings (SSSR count). The molecule has 1 saturated carbocycles. The van der Waals surface area contributed by atoms with Crippen molar-refractivity contribution in [3.63, 3.8) is 0 Å². The van der Waals surface area contributed by atoms with E-state index in [0.29, 0.717) is 5.92 Å². The fourth-order valence-electron chi connectivity index (χ4n) is 3.30. The normalized spacial score (nSPS) is 28.0. The molecule has 1 aliphatic heterocycles. The van der Waals surface area contributed by atoms with Crippen LogP contribution >= 0.6 is 0 Å². The highest BCUT2D eigenvalue weighted by molar-refractivity contribution is 5.83. The van der Waals surface area contributed by atoms with Gasteiger partial charge in [-0.1, -0.05) is 6.07 Å². The van der Waals surface area contributed by atoms with Crippen molar-refractivity contribution >= 4 is 5.91 Å². The minimum absolute atomic E-state index is 0.0518. The molecule has 2 aliphatic rings. The highest BCUT2D eigenvalue weighted by Crippen LogP contribution is 2.49. The predicted molar refractivity (Wildman–Crippen MR) is 75.8 cm³/mol. The van der Waals surface area contributed by atoms with Gasteiger partial charge >= 0.3 is 0 Å². The maximum atomic E-state index is 13.3. The second-order valence-electron chi connectivity index (χ2n) is 6.12. The van der Waals surface area contributed by atoms with Gasteiger partial charge < -0.3 is 10.2 Å². The van der Waals surface area contributed by atoms with Crippen LogP contribution in [0.1, 0.15) is 24.3 Å². The van der Waals surface area contributed by atoms with Crippen LogP contribution in [0.25, 0.3) is 0 Å². The Hall–Kier alpha value is -1.49. The average molecular weight is 294 g/mol. The zero-order valence-electron chi connectivity index (χ0n) is 12.1. The molecule has 1 N–H and O–H groups in total. The molecule has 1 aliphatic carbocycles. The Kier molecular flexibility index (Phi) is 3.93. The molecule has 0 aromatic heterocycles. The Morgan fingerprint density at radius 1 is 1.38 bits per heavy atom. The topological polar surface area (TPSA) is 32.3 Å². The van der Waals surface area contributed by atoms with Crippen LogP contribution in [0.3, 0.4) is 0 Å². The Balaban J connectivity index is 1.60. The highest BCUT2D eigenvalue weighted by Gasteiger charge is 2.46. The number of rotatable bonds is 4. The number of benzene rings is 1. The van der Waals surface area contributed by atoms with Crippen molar-refractivity contribution in [2.45, 2.75) is 18.8 Å². The van der Waals surface area contributed by atoms with E-state index in [0.717, 1.165) is 44.1 Å². The lowest BCUT2D eigenvalue weighted by atomic mass is 10.1. The minimum Gasteiger partial charge on any atom is -0.342 e. The van der Waals surface area contributed by atoms with Crippen LogP contribution in [0.2, 0.25) is 0 Å². The number of amides is 1. The summed E-state index contributed by atoms with van der Waals surface area (Å²) in [5, 5.41) is 3.14. The van der Waals surface area contributed by atoms with Gasteiger partial charge in [0.25, 0.3) is 0 Å². The molecule has 1 aromatic rings. The van der Waals surface area contributed by atoms with Crippen molar-refractivity contribution in [2.24, 2.45) is 11.8 Å². The minimum atomic E-state index is -0.836. The molecule has 3 atom stereocenters. The van der Waals surface area contributed by atoms with Gasteiger partial charge in [0.1, 0.15) is 0 Å². The first kappa shape index (κ1) is 14.4. The van der Waals surface area contributed by atoms with E-state index in [-0.39, 0.29) is 17.7 Å². The Labute approximate surface area is 123 Å². The maximum absolute atomic E-state index is 13.3. The molecular formula is C16H20F2N2O. The summed E-state index contributed by atoms with van der Waals surface area (Å²) in [5.41, 5.74) is 0.734. The van der Waals surface area contributed by atoms with Crippen molar-refractivity contribution in [1.82, 2.24) is 10.2 Å². The summed E-state index contributed by atoms with van der Waals surface area (Å²) >= 11 is 0. The Morgan fingerprint density at radius 2 is 2.19 bits per heavy atom. The van der Waals surface area contributed by atoms with Gasteiger partial charge in [-0.25, -0.2) is 8.78 Å². The molecule has 1 saturated heterocycles. The number of hydrogen-bond donors (Lipinski definition) is 1. The zero-order chi connectivity index (χ0) is 15.0. The van der Waals surface area contributed by atoms with E-state index >= 15 is 0 Å². The molecule has 1 aromatic carbocycles. The highest BCUT2D eigenvalue weighted by atomic mass is 19.2. The van der Waals surface area contributed by atoms with Crippen LogP contribution < -0.4 is 5.32 Å². The lowest BCUT2D eigenvalue weighted by molar-refractivity contribution is -0.131. The zero-order valence-corrected chi connectivity index (χ0v) is 12.1. The fourth-order valence-corrected chi connectivity index (χ4v) is 3.30. The quantitative estimate of drug-likeness (QED) is 0.922. The first-order valence-electron chi connectivity index (χ1n) is 7.48. The van der Waals surface area contributed by atoms with E-state index in [9.17, 15) is 13.6 Å². The maximum Gasteiger partial charge on any atom is 0.226 e. The molecule has 0 radical (unpaired) electrons. The number of nitrogens with zero attached hydrogens (tertiary/aromatic N) is 1. The van der Waals surface area contributed by atoms with Crippen LogP contribution in [-0.2, 0) is 4.79 Å². The van der Waals surface area contributed by atoms with E-state index in [2.05, 4.69) is 5.32 Å². The molecular weight excluding hydrogens is 274 g/mol. The van der Waals surface area contributed by atoms with Gasteiger partial charge in [-0.2, -0.15) is 0 Å². The van der Waals surface area contributed by atoms with E-state index in [4.69, 9.17) is 0 Å². The molecule has 0 spiro atoms. The number of nitrogens with one attached hydrogen (secondary N) is 1. The number of hydrogen-bond acceptors (Lipinski definition) is 2. The van der Waals surface area contributed by atoms with Gasteiger partial charge in [-0.05, 0) is 56.0 Å². The number of carbonyl (C=O) groups excluding carboxylic acids is 1. The van der Waals surface area contributed by atoms with Crippen LogP contribution in [0.4, 0.5) is 8.78 Å². The third-order valence-corrected chi connectivity index (χ3v) is 4.57. The number of likely N-dealkylation sites (tertiary alicyclic amines) is 1. The molecule has 114 valence electrons. The van der Waals surface area contributed by atoms with Gasteiger partial charge in [-0.3, -0.25) is 4.79 Å². The van der Waals surface area contributed by atoms with Crippen LogP contribution in [0, 0.1) is 23.5 Å². The first-order chi connectivity index (χ1) is 10.1. The second-order valence-corrected chi connectivity index (χ2v) is 6.12. The number of halogens is 2. The Morgan fingerprint density at radius 3 is 2.90 bits per heavy atom. The standard InChI is InChI=1S/C16H20F2N2O/c1-19-8-10-4-5-20(9-10)16(21)13-7-12(13)11-2-3-14(17)15(18)6-11/h2-3,6,10,12-13,19H,4-5,7-9H2,1H3. The largest absolute Gasteiger partial charge is 0.342 e. The lowest BCUT2D eigenvalue weighted by Gasteiger charge is -2.16. The fraction of sp³-hybridized carbons (Fsp3) is 0.562. The van der Waals surface area contributed by atoms with Gasteiger partial charge in [0.15, 0.2) is 11.6 Å². The second kappa shape index (κ2) is 5.72. The van der Waals surface area contributed by atoms with Crippen molar-refractivity contribution in [1.29, 1.82) is 0 Å². The molecule has 2 fully saturated rings. The summed E-state index contributed by atoms with van der Waals surface area (Å²) in [7, 11) is 1.92. The van der Waals surface area contributed by atoms with Gasteiger partial charge in [0.2, 0.25) is 5.91 Å². The molecule has 5 heteroatoms. The molecule has 3 unspecified atom stereocenters. The third kappa shape index (κ3) is 2.93. The van der Waals surface area contributed by atoms with Gasteiger partial charge in [-0.15, -0.1) is 0 Å². The van der Waals surface area contributed by atoms with Gasteiger partial charge in [0, 0.05) is 19.0 Å². The summed E-state index contributed by atoms with van der Waals surface area (Å²) in [6.07, 6.45) is 1.78. The van der Waals surface area contributed by atoms with Crippen LogP contribution in [0.5, 0.6) is 0 Å². The first-order valence-corrected chi connectivity index (χ1v) is 7.48. The summed E-state index contributed by atoms with van der Waals surface area (Å²) in [6, 6.07) is 3.95. The van der Waals surface area contributed by atoms with E-state index < -0.39 is 11.6 Å². The summed E-state index contributed by atoms with van der Waals surface area (Å²) in [4.78, 5) is 14.4. The van der Waals surface area contributed by atoms with Crippen LogP contribution in [0.15, 0.2) is 18.2 Å². The van der Waals surface area contributed by atoms with E-state index in [1.807, 2.05) is 11.9 Å². The summed E-state index contributed by atoms with van der Waals surface area (Å²) in [5.74, 6) is -0.973. The Bertz CT molecular complexity index is 549. The van der Waals surface area contributed by atoms with Gasteiger partial charge in [0.05, 0.1) is 0 Å². The monoisotopic (exact) mass is 294 g/mol. The molecule has 21 heavy (non-hydrogen) atoms. The number of carbonyl (C=O) groups is 1. The predicted octanol–water partition coefficient (Wildman–Crippen LogP) is 2.14. The van der Waals surface area contributed by atoms with E-state index in [1.165, 1.54) is 6.07 Å².